The Labute approximate surface area is 126 Å². The van der Waals surface area contributed by atoms with Crippen molar-refractivity contribution >= 4 is 27.5 Å². The van der Waals surface area contributed by atoms with Gasteiger partial charge in [-0.1, -0.05) is 12.1 Å². The quantitative estimate of drug-likeness (QED) is 0.635. The van der Waals surface area contributed by atoms with Crippen LogP contribution in [0, 0.1) is 10.1 Å². The summed E-state index contributed by atoms with van der Waals surface area (Å²) in [6.07, 6.45) is 0. The molecule has 0 bridgehead atoms. The van der Waals surface area contributed by atoms with Crippen molar-refractivity contribution in [2.45, 2.75) is 26.4 Å². The van der Waals surface area contributed by atoms with Crippen LogP contribution >= 0.6 is 15.9 Å². The van der Waals surface area contributed by atoms with Gasteiger partial charge in [-0.3, -0.25) is 14.9 Å². The van der Waals surface area contributed by atoms with Gasteiger partial charge < -0.3 is 10.2 Å². The van der Waals surface area contributed by atoms with Crippen LogP contribution in [-0.4, -0.2) is 35.4 Å². The number of carbonyl (C=O) groups is 1. The first kappa shape index (κ1) is 16.6. The molecule has 1 aromatic rings. The van der Waals surface area contributed by atoms with Crippen molar-refractivity contribution in [3.63, 3.8) is 0 Å². The maximum atomic E-state index is 11.9. The van der Waals surface area contributed by atoms with Crippen LogP contribution in [0.4, 0.5) is 5.69 Å². The second kappa shape index (κ2) is 7.35. The van der Waals surface area contributed by atoms with E-state index in [-0.39, 0.29) is 17.6 Å². The zero-order chi connectivity index (χ0) is 15.3. The molecule has 0 aliphatic heterocycles. The van der Waals surface area contributed by atoms with E-state index in [1.54, 1.807) is 31.0 Å². The lowest BCUT2D eigenvalue weighted by Gasteiger charge is -2.20. The molecule has 6 nitrogen and oxygen atoms in total. The third-order valence-electron chi connectivity index (χ3n) is 3.07. The molecule has 0 spiro atoms. The lowest BCUT2D eigenvalue weighted by Crippen LogP contribution is -2.42. The van der Waals surface area contributed by atoms with Crippen LogP contribution in [0.3, 0.4) is 0 Å². The molecule has 0 saturated carbocycles. The van der Waals surface area contributed by atoms with Gasteiger partial charge in [0, 0.05) is 26.2 Å². The second-order valence-electron chi connectivity index (χ2n) is 4.46. The molecular weight excluding hydrogens is 326 g/mol. The molecule has 0 heterocycles. The maximum Gasteiger partial charge on any atom is 0.283 e. The van der Waals surface area contributed by atoms with Gasteiger partial charge in [-0.15, -0.1) is 0 Å². The van der Waals surface area contributed by atoms with Crippen molar-refractivity contribution in [1.29, 1.82) is 0 Å². The molecule has 1 unspecified atom stereocenters. The predicted octanol–water partition coefficient (Wildman–Crippen LogP) is 2.31. The molecule has 0 aliphatic rings. The van der Waals surface area contributed by atoms with E-state index in [0.29, 0.717) is 17.6 Å². The molecule has 1 rings (SSSR count). The zero-order valence-electron chi connectivity index (χ0n) is 11.7. The van der Waals surface area contributed by atoms with Gasteiger partial charge in [0.1, 0.15) is 0 Å². The van der Waals surface area contributed by atoms with Gasteiger partial charge in [-0.2, -0.15) is 0 Å². The van der Waals surface area contributed by atoms with Crippen LogP contribution in [0.25, 0.3) is 0 Å². The van der Waals surface area contributed by atoms with Crippen LogP contribution in [0.2, 0.25) is 0 Å². The number of nitro benzene ring substituents is 1. The summed E-state index contributed by atoms with van der Waals surface area (Å²) in [4.78, 5) is 23.9. The molecule has 1 aromatic carbocycles. The lowest BCUT2D eigenvalue weighted by molar-refractivity contribution is -0.385. The number of benzene rings is 1. The summed E-state index contributed by atoms with van der Waals surface area (Å²) < 4.78 is 0.445. The van der Waals surface area contributed by atoms with E-state index in [1.165, 1.54) is 6.07 Å². The highest BCUT2D eigenvalue weighted by atomic mass is 79.9. The minimum atomic E-state index is -0.437. The summed E-state index contributed by atoms with van der Waals surface area (Å²) in [5.74, 6) is -0.00551. The van der Waals surface area contributed by atoms with Crippen molar-refractivity contribution < 1.29 is 9.72 Å². The van der Waals surface area contributed by atoms with E-state index in [2.05, 4.69) is 21.2 Å². The second-order valence-corrected chi connectivity index (χ2v) is 5.26. The molecule has 0 aliphatic carbocycles. The number of hydrogen-bond acceptors (Lipinski definition) is 4. The SMILES string of the molecule is CCN(C)C(=O)C(C)NCc1cccc([N+](=O)[O-])c1Br. The molecule has 0 aromatic heterocycles. The molecule has 0 saturated heterocycles. The Morgan fingerprint density at radius 1 is 1.55 bits per heavy atom. The van der Waals surface area contributed by atoms with Gasteiger partial charge >= 0.3 is 0 Å². The highest BCUT2D eigenvalue weighted by Crippen LogP contribution is 2.28. The van der Waals surface area contributed by atoms with Crippen LogP contribution in [0.1, 0.15) is 19.4 Å². The Morgan fingerprint density at radius 2 is 2.20 bits per heavy atom. The monoisotopic (exact) mass is 343 g/mol. The number of rotatable bonds is 6. The Hall–Kier alpha value is -1.47. The third-order valence-corrected chi connectivity index (χ3v) is 3.99. The average molecular weight is 344 g/mol. The first-order valence-electron chi connectivity index (χ1n) is 6.28. The van der Waals surface area contributed by atoms with Gasteiger partial charge in [0.05, 0.1) is 15.4 Å². The normalized spacial score (nSPS) is 12.0. The molecular formula is C13H18BrN3O3. The first-order chi connectivity index (χ1) is 9.38. The number of nitro groups is 1. The van der Waals surface area contributed by atoms with Gasteiger partial charge in [0.15, 0.2) is 0 Å². The number of nitrogens with zero attached hydrogens (tertiary/aromatic N) is 2. The fraction of sp³-hybridized carbons (Fsp3) is 0.462. The highest BCUT2D eigenvalue weighted by molar-refractivity contribution is 9.10. The minimum absolute atomic E-state index is 0.00551. The van der Waals surface area contributed by atoms with Crippen molar-refractivity contribution in [2.24, 2.45) is 0 Å². The molecule has 1 N–H and O–H groups in total. The van der Waals surface area contributed by atoms with E-state index >= 15 is 0 Å². The molecule has 110 valence electrons. The maximum absolute atomic E-state index is 11.9. The standard InChI is InChI=1S/C13H18BrN3O3/c1-4-16(3)13(18)9(2)15-8-10-6-5-7-11(12(10)14)17(19)20/h5-7,9,15H,4,8H2,1-3H3. The van der Waals surface area contributed by atoms with Gasteiger partial charge in [-0.05, 0) is 35.3 Å². The number of nitrogens with one attached hydrogen (secondary N) is 1. The van der Waals surface area contributed by atoms with E-state index in [9.17, 15) is 14.9 Å². The van der Waals surface area contributed by atoms with Crippen LogP contribution in [0.5, 0.6) is 0 Å². The van der Waals surface area contributed by atoms with Crippen LogP contribution in [0.15, 0.2) is 22.7 Å². The van der Waals surface area contributed by atoms with Crippen molar-refractivity contribution in [3.05, 3.63) is 38.3 Å². The summed E-state index contributed by atoms with van der Waals surface area (Å²) in [5.41, 5.74) is 0.770. The Balaban J connectivity index is 2.73. The van der Waals surface area contributed by atoms with Crippen molar-refractivity contribution in [3.8, 4) is 0 Å². The molecule has 1 atom stereocenters. The van der Waals surface area contributed by atoms with Gasteiger partial charge in [0.2, 0.25) is 5.91 Å². The summed E-state index contributed by atoms with van der Waals surface area (Å²) >= 11 is 3.23. The van der Waals surface area contributed by atoms with E-state index in [0.717, 1.165) is 5.56 Å². The Morgan fingerprint density at radius 3 is 2.75 bits per heavy atom. The number of likely N-dealkylation sites (N-methyl/N-ethyl adjacent to an activating group) is 1. The van der Waals surface area contributed by atoms with E-state index in [4.69, 9.17) is 0 Å². The number of amides is 1. The van der Waals surface area contributed by atoms with E-state index in [1.807, 2.05) is 6.92 Å². The zero-order valence-corrected chi connectivity index (χ0v) is 13.3. The summed E-state index contributed by atoms with van der Waals surface area (Å²) in [5, 5.41) is 13.9. The fourth-order valence-electron chi connectivity index (χ4n) is 1.68. The molecule has 20 heavy (non-hydrogen) atoms. The average Bonchev–Trinajstić information content (AvgIpc) is 2.43. The van der Waals surface area contributed by atoms with Gasteiger partial charge in [0.25, 0.3) is 5.69 Å². The largest absolute Gasteiger partial charge is 0.345 e. The summed E-state index contributed by atoms with van der Waals surface area (Å²) in [7, 11) is 1.74. The van der Waals surface area contributed by atoms with Crippen molar-refractivity contribution in [1.82, 2.24) is 10.2 Å². The number of carbonyl (C=O) groups excluding carboxylic acids is 1. The fourth-order valence-corrected chi connectivity index (χ4v) is 2.23. The van der Waals surface area contributed by atoms with Crippen LogP contribution in [-0.2, 0) is 11.3 Å². The summed E-state index contributed by atoms with van der Waals surface area (Å²) in [6, 6.07) is 4.51. The first-order valence-corrected chi connectivity index (χ1v) is 7.07. The van der Waals surface area contributed by atoms with Gasteiger partial charge in [-0.25, -0.2) is 0 Å². The molecule has 1 amide bonds. The third kappa shape index (κ3) is 4.01. The van der Waals surface area contributed by atoms with E-state index < -0.39 is 4.92 Å². The molecule has 0 radical (unpaired) electrons. The highest BCUT2D eigenvalue weighted by Gasteiger charge is 2.18. The Bertz CT molecular complexity index is 508. The molecule has 0 fully saturated rings. The minimum Gasteiger partial charge on any atom is -0.345 e. The van der Waals surface area contributed by atoms with Crippen molar-refractivity contribution in [2.75, 3.05) is 13.6 Å². The lowest BCUT2D eigenvalue weighted by atomic mass is 10.2. The Kier molecular flexibility index (Phi) is 6.09. The predicted molar refractivity (Wildman–Crippen MR) is 80.4 cm³/mol. The number of halogens is 1. The number of hydrogen-bond donors (Lipinski definition) is 1. The topological polar surface area (TPSA) is 75.5 Å². The smallest absolute Gasteiger partial charge is 0.283 e. The molecule has 7 heteroatoms. The summed E-state index contributed by atoms with van der Waals surface area (Å²) in [6.45, 7) is 4.71. The van der Waals surface area contributed by atoms with Crippen LogP contribution < -0.4 is 5.32 Å².